The zero-order valence-electron chi connectivity index (χ0n) is 11.4. The second-order valence-corrected chi connectivity index (χ2v) is 7.46. The van der Waals surface area contributed by atoms with Gasteiger partial charge >= 0.3 is 0 Å². The van der Waals surface area contributed by atoms with E-state index < -0.39 is 10.8 Å². The number of aromatic nitrogens is 3. The summed E-state index contributed by atoms with van der Waals surface area (Å²) < 4.78 is 12.1. The van der Waals surface area contributed by atoms with Crippen molar-refractivity contribution in [2.24, 2.45) is 0 Å². The normalized spacial score (nSPS) is 12.7. The Hall–Kier alpha value is -1.44. The minimum absolute atomic E-state index is 0.0462. The quantitative estimate of drug-likeness (QED) is 0.658. The van der Waals surface area contributed by atoms with Crippen LogP contribution in [0.3, 0.4) is 0 Å². The number of H-pyrrole nitrogens is 2. The molecule has 0 saturated carbocycles. The third kappa shape index (κ3) is 2.76. The first-order valence-electron chi connectivity index (χ1n) is 6.31. The molecule has 0 aliphatic rings. The van der Waals surface area contributed by atoms with Crippen LogP contribution in [0.2, 0.25) is 5.02 Å². The van der Waals surface area contributed by atoms with Crippen molar-refractivity contribution in [1.82, 2.24) is 15.0 Å². The summed E-state index contributed by atoms with van der Waals surface area (Å²) in [6.45, 7) is 0. The summed E-state index contributed by atoms with van der Waals surface area (Å²) in [6, 6.07) is 3.58. The van der Waals surface area contributed by atoms with Gasteiger partial charge in [-0.3, -0.25) is 9.00 Å². The van der Waals surface area contributed by atoms with E-state index >= 15 is 0 Å². The number of fused-ring (bicyclic) bond motifs is 1. The van der Waals surface area contributed by atoms with E-state index in [0.717, 1.165) is 15.4 Å². The molecule has 0 aliphatic heterocycles. The van der Waals surface area contributed by atoms with E-state index in [1.807, 2.05) is 6.07 Å². The van der Waals surface area contributed by atoms with Crippen LogP contribution in [0.5, 0.6) is 0 Å². The Morgan fingerprint density at radius 1 is 1.45 bits per heavy atom. The second-order valence-electron chi connectivity index (χ2n) is 4.77. The summed E-state index contributed by atoms with van der Waals surface area (Å²) in [4.78, 5) is 22.7. The molecule has 3 rings (SSSR count). The number of halogens is 2. The zero-order chi connectivity index (χ0) is 15.9. The van der Waals surface area contributed by atoms with Crippen LogP contribution in [-0.2, 0) is 10.8 Å². The van der Waals surface area contributed by atoms with Gasteiger partial charge in [-0.2, -0.15) is 0 Å². The van der Waals surface area contributed by atoms with Gasteiger partial charge in [0.25, 0.3) is 0 Å². The van der Waals surface area contributed by atoms with Crippen molar-refractivity contribution < 1.29 is 9.00 Å². The monoisotopic (exact) mass is 399 g/mol. The van der Waals surface area contributed by atoms with E-state index in [9.17, 15) is 9.00 Å². The molecule has 114 valence electrons. The van der Waals surface area contributed by atoms with Crippen LogP contribution in [0.1, 0.15) is 10.5 Å². The van der Waals surface area contributed by atoms with E-state index in [-0.39, 0.29) is 11.5 Å². The number of nitrogens with zero attached hydrogens (tertiary/aromatic N) is 1. The van der Waals surface area contributed by atoms with Gasteiger partial charge in [0.15, 0.2) is 5.78 Å². The van der Waals surface area contributed by atoms with Crippen molar-refractivity contribution in [2.75, 3.05) is 12.0 Å². The van der Waals surface area contributed by atoms with Crippen LogP contribution in [0, 0.1) is 0 Å². The van der Waals surface area contributed by atoms with Gasteiger partial charge in [-0.05, 0) is 28.1 Å². The van der Waals surface area contributed by atoms with Crippen LogP contribution >= 0.6 is 27.5 Å². The molecule has 1 unspecified atom stereocenters. The Morgan fingerprint density at radius 2 is 2.23 bits per heavy atom. The molecule has 3 aromatic rings. The van der Waals surface area contributed by atoms with Crippen molar-refractivity contribution in [2.45, 2.75) is 0 Å². The molecule has 8 heteroatoms. The molecule has 0 fully saturated rings. The fourth-order valence-corrected chi connectivity index (χ4v) is 3.32. The van der Waals surface area contributed by atoms with E-state index in [0.29, 0.717) is 22.1 Å². The molecule has 2 heterocycles. The maximum absolute atomic E-state index is 12.4. The van der Waals surface area contributed by atoms with Crippen LogP contribution in [0.25, 0.3) is 22.3 Å². The van der Waals surface area contributed by atoms with Gasteiger partial charge in [0.05, 0.1) is 22.0 Å². The topological polar surface area (TPSA) is 78.6 Å². The number of carbonyl (C=O) groups is 1. The van der Waals surface area contributed by atoms with Gasteiger partial charge in [-0.15, -0.1) is 0 Å². The van der Waals surface area contributed by atoms with Gasteiger partial charge in [0, 0.05) is 44.8 Å². The number of rotatable bonds is 4. The van der Waals surface area contributed by atoms with Crippen molar-refractivity contribution in [3.63, 3.8) is 0 Å². The summed E-state index contributed by atoms with van der Waals surface area (Å²) in [5.74, 6) is 0.292. The summed E-state index contributed by atoms with van der Waals surface area (Å²) in [6.07, 6.45) is 4.79. The molecule has 2 N–H and O–H groups in total. The third-order valence-electron chi connectivity index (χ3n) is 3.19. The minimum atomic E-state index is -1.22. The van der Waals surface area contributed by atoms with Gasteiger partial charge in [0.1, 0.15) is 5.82 Å². The first kappa shape index (κ1) is 15.5. The molecule has 5 nitrogen and oxygen atoms in total. The first-order chi connectivity index (χ1) is 10.5. The molecule has 0 spiro atoms. The van der Waals surface area contributed by atoms with Gasteiger partial charge in [0.2, 0.25) is 0 Å². The number of benzene rings is 1. The zero-order valence-corrected chi connectivity index (χ0v) is 14.6. The highest BCUT2D eigenvalue weighted by Crippen LogP contribution is 2.35. The first-order valence-corrected chi connectivity index (χ1v) is 9.21. The lowest BCUT2D eigenvalue weighted by Gasteiger charge is -2.01. The predicted molar refractivity (Wildman–Crippen MR) is 91.9 cm³/mol. The largest absolute Gasteiger partial charge is 0.351 e. The summed E-state index contributed by atoms with van der Waals surface area (Å²) in [5.41, 5.74) is 1.78. The number of carbonyl (C=O) groups excluding carboxylic acids is 1. The van der Waals surface area contributed by atoms with Crippen molar-refractivity contribution in [1.29, 1.82) is 0 Å². The molecule has 2 aromatic heterocycles. The number of ketones is 1. The minimum Gasteiger partial charge on any atom is -0.351 e. The van der Waals surface area contributed by atoms with E-state index in [1.54, 1.807) is 18.5 Å². The summed E-state index contributed by atoms with van der Waals surface area (Å²) in [7, 11) is -1.22. The fraction of sp³-hybridized carbons (Fsp3) is 0.143. The lowest BCUT2D eigenvalue weighted by molar-refractivity contribution is 0.101. The van der Waals surface area contributed by atoms with Crippen LogP contribution < -0.4 is 0 Å². The van der Waals surface area contributed by atoms with Crippen LogP contribution in [0.15, 0.2) is 29.0 Å². The number of hydrogen-bond donors (Lipinski definition) is 2. The van der Waals surface area contributed by atoms with Crippen molar-refractivity contribution in [3.8, 4) is 11.4 Å². The number of aromatic amines is 2. The Labute approximate surface area is 142 Å². The molecule has 0 bridgehead atoms. The van der Waals surface area contributed by atoms with Crippen LogP contribution in [-0.4, -0.2) is 37.0 Å². The molecular weight excluding hydrogens is 390 g/mol. The van der Waals surface area contributed by atoms with E-state index in [1.165, 1.54) is 6.26 Å². The Balaban J connectivity index is 2.29. The Kier molecular flexibility index (Phi) is 4.20. The van der Waals surface area contributed by atoms with Crippen molar-refractivity contribution >= 4 is 55.0 Å². The smallest absolute Gasteiger partial charge is 0.192 e. The summed E-state index contributed by atoms with van der Waals surface area (Å²) >= 11 is 9.54. The van der Waals surface area contributed by atoms with E-state index in [2.05, 4.69) is 30.9 Å². The molecule has 1 aromatic carbocycles. The molecule has 0 aliphatic carbocycles. The SMILES string of the molecule is CS(=O)CC(=O)c1[nH]c2cc(Br)c(Cl)cc2c1-c1ncc[nH]1. The molecule has 0 radical (unpaired) electrons. The van der Waals surface area contributed by atoms with E-state index in [4.69, 9.17) is 11.6 Å². The highest BCUT2D eigenvalue weighted by Gasteiger charge is 2.22. The standard InChI is InChI=1S/C14H11BrClN3O2S/c1-22(21)6-11(20)13-12(14-17-2-3-18-14)7-4-9(16)8(15)5-10(7)19-13/h2-5,19H,6H2,1H3,(H,17,18). The predicted octanol–water partition coefficient (Wildman–Crippen LogP) is 3.54. The molecule has 0 saturated heterocycles. The van der Waals surface area contributed by atoms with Gasteiger partial charge in [-0.25, -0.2) is 4.98 Å². The average Bonchev–Trinajstić information content (AvgIpc) is 3.05. The molecular formula is C14H11BrClN3O2S. The fourth-order valence-electron chi connectivity index (χ4n) is 2.30. The molecule has 22 heavy (non-hydrogen) atoms. The van der Waals surface area contributed by atoms with Crippen molar-refractivity contribution in [3.05, 3.63) is 39.7 Å². The highest BCUT2D eigenvalue weighted by atomic mass is 79.9. The van der Waals surface area contributed by atoms with Gasteiger partial charge in [-0.1, -0.05) is 11.6 Å². The number of nitrogens with one attached hydrogen (secondary N) is 2. The lowest BCUT2D eigenvalue weighted by Crippen LogP contribution is -2.11. The highest BCUT2D eigenvalue weighted by molar-refractivity contribution is 9.10. The number of Topliss-reactive ketones (excluding diaryl/α,β-unsaturated/α-hetero) is 1. The number of hydrogen-bond acceptors (Lipinski definition) is 3. The third-order valence-corrected chi connectivity index (χ3v) is 5.05. The summed E-state index contributed by atoms with van der Waals surface area (Å²) in [5, 5.41) is 1.32. The Morgan fingerprint density at radius 3 is 2.86 bits per heavy atom. The number of imidazole rings is 1. The van der Waals surface area contributed by atoms with Gasteiger partial charge < -0.3 is 9.97 Å². The average molecular weight is 401 g/mol. The maximum Gasteiger partial charge on any atom is 0.192 e. The second kappa shape index (κ2) is 5.98. The Bertz CT molecular complexity index is 889. The maximum atomic E-state index is 12.4. The molecule has 0 amide bonds. The van der Waals surface area contributed by atoms with Crippen LogP contribution in [0.4, 0.5) is 0 Å². The lowest BCUT2D eigenvalue weighted by atomic mass is 10.1. The molecule has 1 atom stereocenters.